The maximum absolute atomic E-state index is 10.8. The van der Waals surface area contributed by atoms with E-state index in [1.165, 1.54) is 26.2 Å². The van der Waals surface area contributed by atoms with Crippen molar-refractivity contribution < 1.29 is 14.3 Å². The summed E-state index contributed by atoms with van der Waals surface area (Å²) in [5, 5.41) is 0. The highest BCUT2D eigenvalue weighted by atomic mass is 16.5. The van der Waals surface area contributed by atoms with Gasteiger partial charge in [-0.1, -0.05) is 19.3 Å². The van der Waals surface area contributed by atoms with E-state index in [0.717, 1.165) is 12.8 Å². The smallest absolute Gasteiger partial charge is 0.302 e. The molecule has 1 saturated carbocycles. The summed E-state index contributed by atoms with van der Waals surface area (Å²) in [7, 11) is 1.71. The van der Waals surface area contributed by atoms with Crippen LogP contribution >= 0.6 is 0 Å². The standard InChI is InChI=1S/C11H20O3/c1-10(12)14-9-11(8-13-2)6-4-3-5-7-11/h3-9H2,1-2H3. The van der Waals surface area contributed by atoms with Crippen molar-refractivity contribution in [2.45, 2.75) is 39.0 Å². The molecule has 0 atom stereocenters. The first-order valence-corrected chi connectivity index (χ1v) is 5.31. The Morgan fingerprint density at radius 3 is 2.36 bits per heavy atom. The molecule has 3 nitrogen and oxygen atoms in total. The van der Waals surface area contributed by atoms with E-state index in [1.54, 1.807) is 7.11 Å². The van der Waals surface area contributed by atoms with E-state index in [-0.39, 0.29) is 11.4 Å². The van der Waals surface area contributed by atoms with Crippen molar-refractivity contribution in [2.24, 2.45) is 5.41 Å². The lowest BCUT2D eigenvalue weighted by Crippen LogP contribution is -2.34. The SMILES string of the molecule is COCC1(COC(C)=O)CCCCC1. The van der Waals surface area contributed by atoms with Crippen LogP contribution in [0.4, 0.5) is 0 Å². The first-order chi connectivity index (χ1) is 6.68. The number of ether oxygens (including phenoxy) is 2. The Morgan fingerprint density at radius 1 is 1.21 bits per heavy atom. The number of methoxy groups -OCH3 is 1. The van der Waals surface area contributed by atoms with Gasteiger partial charge in [-0.2, -0.15) is 0 Å². The Morgan fingerprint density at radius 2 is 1.86 bits per heavy atom. The molecule has 0 amide bonds. The zero-order chi connectivity index (χ0) is 10.4. The molecule has 0 aromatic carbocycles. The van der Waals surface area contributed by atoms with Gasteiger partial charge in [-0.3, -0.25) is 4.79 Å². The summed E-state index contributed by atoms with van der Waals surface area (Å²) in [5.41, 5.74) is 0.0959. The second kappa shape index (κ2) is 5.35. The molecule has 82 valence electrons. The fourth-order valence-electron chi connectivity index (χ4n) is 2.19. The van der Waals surface area contributed by atoms with E-state index in [2.05, 4.69) is 0 Å². The van der Waals surface area contributed by atoms with Crippen LogP contribution in [-0.2, 0) is 14.3 Å². The van der Waals surface area contributed by atoms with Crippen LogP contribution in [0.5, 0.6) is 0 Å². The Labute approximate surface area is 85.8 Å². The molecule has 1 fully saturated rings. The molecule has 0 saturated heterocycles. The quantitative estimate of drug-likeness (QED) is 0.652. The van der Waals surface area contributed by atoms with Gasteiger partial charge < -0.3 is 9.47 Å². The van der Waals surface area contributed by atoms with Gasteiger partial charge in [0.25, 0.3) is 0 Å². The van der Waals surface area contributed by atoms with Gasteiger partial charge >= 0.3 is 5.97 Å². The molecule has 0 heterocycles. The fourth-order valence-corrected chi connectivity index (χ4v) is 2.19. The van der Waals surface area contributed by atoms with Crippen LogP contribution in [0.3, 0.4) is 0 Å². The number of hydrogen-bond donors (Lipinski definition) is 0. The minimum atomic E-state index is -0.189. The molecule has 0 radical (unpaired) electrons. The maximum atomic E-state index is 10.8. The molecule has 1 aliphatic carbocycles. The Kier molecular flexibility index (Phi) is 4.39. The normalized spacial score (nSPS) is 20.4. The maximum Gasteiger partial charge on any atom is 0.302 e. The molecule has 0 aromatic rings. The first kappa shape index (κ1) is 11.5. The van der Waals surface area contributed by atoms with Crippen molar-refractivity contribution in [3.8, 4) is 0 Å². The van der Waals surface area contributed by atoms with Gasteiger partial charge in [0.2, 0.25) is 0 Å². The lowest BCUT2D eigenvalue weighted by molar-refractivity contribution is -0.147. The predicted octanol–water partition coefficient (Wildman–Crippen LogP) is 2.15. The highest BCUT2D eigenvalue weighted by molar-refractivity contribution is 5.65. The number of carbonyl (C=O) groups is 1. The second-order valence-corrected chi connectivity index (χ2v) is 4.27. The van der Waals surface area contributed by atoms with E-state index in [1.807, 2.05) is 0 Å². The summed E-state index contributed by atoms with van der Waals surface area (Å²) in [6, 6.07) is 0. The van der Waals surface area contributed by atoms with Gasteiger partial charge in [-0.15, -0.1) is 0 Å². The summed E-state index contributed by atoms with van der Waals surface area (Å²) in [6.07, 6.45) is 5.99. The molecule has 0 unspecified atom stereocenters. The summed E-state index contributed by atoms with van der Waals surface area (Å²) in [6.45, 7) is 2.69. The lowest BCUT2D eigenvalue weighted by Gasteiger charge is -2.35. The van der Waals surface area contributed by atoms with E-state index in [9.17, 15) is 4.79 Å². The zero-order valence-corrected chi connectivity index (χ0v) is 9.17. The van der Waals surface area contributed by atoms with Crippen molar-refractivity contribution in [3.63, 3.8) is 0 Å². The van der Waals surface area contributed by atoms with Crippen LogP contribution in [0.1, 0.15) is 39.0 Å². The zero-order valence-electron chi connectivity index (χ0n) is 9.17. The first-order valence-electron chi connectivity index (χ1n) is 5.31. The van der Waals surface area contributed by atoms with Crippen LogP contribution in [0.15, 0.2) is 0 Å². The minimum absolute atomic E-state index is 0.0959. The van der Waals surface area contributed by atoms with E-state index in [0.29, 0.717) is 13.2 Å². The number of carbonyl (C=O) groups excluding carboxylic acids is 1. The van der Waals surface area contributed by atoms with E-state index >= 15 is 0 Å². The monoisotopic (exact) mass is 200 g/mol. The van der Waals surface area contributed by atoms with E-state index in [4.69, 9.17) is 9.47 Å². The topological polar surface area (TPSA) is 35.5 Å². The number of esters is 1. The summed E-state index contributed by atoms with van der Waals surface area (Å²) < 4.78 is 10.3. The molecule has 3 heteroatoms. The molecule has 1 aliphatic rings. The molecule has 1 rings (SSSR count). The van der Waals surface area contributed by atoms with Crippen LogP contribution in [-0.4, -0.2) is 26.3 Å². The molecular weight excluding hydrogens is 180 g/mol. The molecule has 14 heavy (non-hydrogen) atoms. The highest BCUT2D eigenvalue weighted by Gasteiger charge is 2.33. The van der Waals surface area contributed by atoms with Gasteiger partial charge in [0.05, 0.1) is 13.2 Å². The van der Waals surface area contributed by atoms with Gasteiger partial charge in [0.15, 0.2) is 0 Å². The van der Waals surface area contributed by atoms with Crippen molar-refractivity contribution in [2.75, 3.05) is 20.3 Å². The summed E-state index contributed by atoms with van der Waals surface area (Å²) >= 11 is 0. The van der Waals surface area contributed by atoms with Gasteiger partial charge in [-0.05, 0) is 12.8 Å². The van der Waals surface area contributed by atoms with Gasteiger partial charge in [0, 0.05) is 19.4 Å². The summed E-state index contributed by atoms with van der Waals surface area (Å²) in [4.78, 5) is 10.8. The third-order valence-electron chi connectivity index (χ3n) is 2.95. The van der Waals surface area contributed by atoms with Gasteiger partial charge in [0.1, 0.15) is 0 Å². The number of hydrogen-bond acceptors (Lipinski definition) is 3. The highest BCUT2D eigenvalue weighted by Crippen LogP contribution is 2.36. The molecule has 0 aromatic heterocycles. The fraction of sp³-hybridized carbons (Fsp3) is 0.909. The van der Waals surface area contributed by atoms with Crippen LogP contribution in [0, 0.1) is 5.41 Å². The van der Waals surface area contributed by atoms with Crippen molar-refractivity contribution in [1.29, 1.82) is 0 Å². The van der Waals surface area contributed by atoms with Crippen molar-refractivity contribution >= 4 is 5.97 Å². The van der Waals surface area contributed by atoms with Gasteiger partial charge in [-0.25, -0.2) is 0 Å². The van der Waals surface area contributed by atoms with Crippen LogP contribution < -0.4 is 0 Å². The Hall–Kier alpha value is -0.570. The van der Waals surface area contributed by atoms with Crippen molar-refractivity contribution in [1.82, 2.24) is 0 Å². The minimum Gasteiger partial charge on any atom is -0.465 e. The Balaban J connectivity index is 2.46. The van der Waals surface area contributed by atoms with Crippen LogP contribution in [0.2, 0.25) is 0 Å². The lowest BCUT2D eigenvalue weighted by atomic mass is 9.75. The third-order valence-corrected chi connectivity index (χ3v) is 2.95. The largest absolute Gasteiger partial charge is 0.465 e. The van der Waals surface area contributed by atoms with Crippen LogP contribution in [0.25, 0.3) is 0 Å². The predicted molar refractivity (Wildman–Crippen MR) is 54.0 cm³/mol. The Bertz CT molecular complexity index is 177. The van der Waals surface area contributed by atoms with E-state index < -0.39 is 0 Å². The summed E-state index contributed by atoms with van der Waals surface area (Å²) in [5.74, 6) is -0.189. The molecule has 0 bridgehead atoms. The molecule has 0 spiro atoms. The average Bonchev–Trinajstić information content (AvgIpc) is 2.17. The second-order valence-electron chi connectivity index (χ2n) is 4.27. The number of rotatable bonds is 4. The third kappa shape index (κ3) is 3.29. The average molecular weight is 200 g/mol. The molecule has 0 aliphatic heterocycles. The van der Waals surface area contributed by atoms with Crippen molar-refractivity contribution in [3.05, 3.63) is 0 Å². The molecular formula is C11H20O3. The molecule has 0 N–H and O–H groups in total.